The van der Waals surface area contributed by atoms with Crippen molar-refractivity contribution in [2.75, 3.05) is 75.5 Å². The molecule has 2 aromatic heterocycles. The van der Waals surface area contributed by atoms with E-state index in [9.17, 15) is 15.0 Å². The number of amides is 1. The van der Waals surface area contributed by atoms with Crippen LogP contribution in [0.3, 0.4) is 0 Å². The van der Waals surface area contributed by atoms with Crippen molar-refractivity contribution in [2.45, 2.75) is 103 Å². The van der Waals surface area contributed by atoms with Crippen LogP contribution in [0.25, 0.3) is 0 Å². The van der Waals surface area contributed by atoms with Crippen LogP contribution in [-0.2, 0) is 4.74 Å². The minimum absolute atomic E-state index is 0.0167. The minimum Gasteiger partial charge on any atom is -0.508 e. The molecule has 4 aliphatic heterocycles. The van der Waals surface area contributed by atoms with E-state index in [1.807, 2.05) is 57.6 Å². The molecule has 0 unspecified atom stereocenters. The number of nitrogens with zero attached hydrogens (tertiary/aromatic N) is 5. The Labute approximate surface area is 385 Å². The number of ether oxygens (including phenoxy) is 5. The Kier molecular flexibility index (Phi) is 17.1. The molecule has 6 heterocycles. The molecule has 0 saturated carbocycles. The highest BCUT2D eigenvalue weighted by Crippen LogP contribution is 2.30. The highest BCUT2D eigenvalue weighted by atomic mass is 16.6. The molecule has 0 aliphatic carbocycles. The van der Waals surface area contributed by atoms with Crippen molar-refractivity contribution >= 4 is 17.5 Å². The predicted octanol–water partition coefficient (Wildman–Crippen LogP) is 8.85. The fourth-order valence-corrected chi connectivity index (χ4v) is 8.91. The number of carbonyl (C=O) groups is 1. The second kappa shape index (κ2) is 23.5. The van der Waals surface area contributed by atoms with Crippen LogP contribution in [0.5, 0.6) is 34.5 Å². The number of aromatic hydroxyl groups is 2. The zero-order valence-electron chi connectivity index (χ0n) is 38.6. The molecule has 4 aliphatic rings. The highest BCUT2D eigenvalue weighted by Gasteiger charge is 2.33. The molecule has 0 bridgehead atoms. The van der Waals surface area contributed by atoms with E-state index < -0.39 is 5.60 Å². The van der Waals surface area contributed by atoms with E-state index in [0.29, 0.717) is 44.2 Å². The van der Waals surface area contributed by atoms with Gasteiger partial charge in [0.2, 0.25) is 0 Å². The molecular formula is C51H70N6O8. The molecule has 4 aromatic rings. The molecule has 4 fully saturated rings. The van der Waals surface area contributed by atoms with Crippen LogP contribution in [0.4, 0.5) is 16.2 Å². The number of phenolic OH excluding ortho intramolecular Hbond substituents is 2. The van der Waals surface area contributed by atoms with Gasteiger partial charge in [0.05, 0.1) is 55.4 Å². The maximum absolute atomic E-state index is 12.5. The standard InChI is InChI=1S/C28H39N3O5.C23H31N3O3/c1-28(2,3)36-27(33)31-13-4-5-22(31)20-35-26-17-23(18-29-19-26)30-14-10-21(11-15-30)12-16-34-25-8-6-24(32)7-9-25;27-21-3-5-22(6-4-21)28-13-9-18-7-11-26(12-8-18)20-14-23(16-24-15-20)29-17-19-2-1-10-25-19/h6-9,17-19,21-22,32H,4-5,10-16,20H2,1-3H3;3-6,14-16,18-19,25,27H,1-2,7-13,17H2/t22-;19-/m00/s1. The minimum atomic E-state index is -0.503. The van der Waals surface area contributed by atoms with E-state index in [0.717, 1.165) is 125 Å². The summed E-state index contributed by atoms with van der Waals surface area (Å²) in [4.78, 5) is 27.9. The largest absolute Gasteiger partial charge is 0.508 e. The molecule has 2 aromatic carbocycles. The van der Waals surface area contributed by atoms with Crippen LogP contribution in [0.2, 0.25) is 0 Å². The van der Waals surface area contributed by atoms with Crippen molar-refractivity contribution < 1.29 is 38.7 Å². The Hall–Kier alpha value is -5.63. The van der Waals surface area contributed by atoms with Gasteiger partial charge >= 0.3 is 6.09 Å². The SMILES string of the molecule is CC(C)(C)OC(=O)N1CCC[C@H]1COc1cncc(N2CCC(CCOc3ccc(O)cc3)CC2)c1.Oc1ccc(OCCC2CCN(c3cncc(OC[C@@H]4CCCN4)c3)CC2)cc1. The third-order valence-electron chi connectivity index (χ3n) is 12.7. The number of carbonyl (C=O) groups excluding carboxylic acids is 1. The van der Waals surface area contributed by atoms with Crippen molar-refractivity contribution in [1.29, 1.82) is 0 Å². The average Bonchev–Trinajstić information content (AvgIpc) is 4.03. The molecule has 65 heavy (non-hydrogen) atoms. The van der Waals surface area contributed by atoms with E-state index in [2.05, 4.69) is 31.2 Å². The monoisotopic (exact) mass is 895 g/mol. The van der Waals surface area contributed by atoms with Crippen LogP contribution in [-0.4, -0.2) is 115 Å². The van der Waals surface area contributed by atoms with E-state index in [-0.39, 0.29) is 23.6 Å². The number of hydrogen-bond acceptors (Lipinski definition) is 13. The fourth-order valence-electron chi connectivity index (χ4n) is 8.91. The summed E-state index contributed by atoms with van der Waals surface area (Å²) in [6.07, 6.45) is 18.0. The van der Waals surface area contributed by atoms with Crippen molar-refractivity contribution in [3.05, 3.63) is 85.5 Å². The van der Waals surface area contributed by atoms with Crippen molar-refractivity contribution in [3.63, 3.8) is 0 Å². The van der Waals surface area contributed by atoms with Crippen molar-refractivity contribution in [3.8, 4) is 34.5 Å². The van der Waals surface area contributed by atoms with Gasteiger partial charge in [-0.15, -0.1) is 0 Å². The first-order chi connectivity index (χ1) is 31.5. The maximum atomic E-state index is 12.5. The second-order valence-corrected chi connectivity index (χ2v) is 18.8. The van der Waals surface area contributed by atoms with Gasteiger partial charge in [0.1, 0.15) is 53.3 Å². The summed E-state index contributed by atoms with van der Waals surface area (Å²) in [5.41, 5.74) is 1.72. The van der Waals surface area contributed by atoms with Crippen LogP contribution in [0, 0.1) is 11.8 Å². The number of anilines is 2. The Balaban J connectivity index is 0.000000198. The fraction of sp³-hybridized carbons (Fsp3) is 0.549. The average molecular weight is 895 g/mol. The van der Waals surface area contributed by atoms with Gasteiger partial charge in [0.25, 0.3) is 0 Å². The second-order valence-electron chi connectivity index (χ2n) is 18.8. The summed E-state index contributed by atoms with van der Waals surface area (Å²) in [6, 6.07) is 18.5. The third-order valence-corrected chi connectivity index (χ3v) is 12.7. The lowest BCUT2D eigenvalue weighted by Gasteiger charge is -2.33. The number of pyridine rings is 2. The molecule has 0 radical (unpaired) electrons. The number of rotatable bonds is 16. The van der Waals surface area contributed by atoms with E-state index in [4.69, 9.17) is 23.7 Å². The van der Waals surface area contributed by atoms with Gasteiger partial charge < -0.3 is 53.9 Å². The molecule has 2 atom stereocenters. The number of piperidine rings is 2. The van der Waals surface area contributed by atoms with Gasteiger partial charge in [-0.1, -0.05) is 0 Å². The maximum Gasteiger partial charge on any atom is 0.410 e. The van der Waals surface area contributed by atoms with Gasteiger partial charge in [0.15, 0.2) is 0 Å². The lowest BCUT2D eigenvalue weighted by molar-refractivity contribution is 0.0187. The molecule has 3 N–H and O–H groups in total. The Morgan fingerprint density at radius 2 is 1.14 bits per heavy atom. The Bertz CT molecular complexity index is 2030. The molecule has 8 rings (SSSR count). The van der Waals surface area contributed by atoms with Gasteiger partial charge in [-0.05, 0) is 152 Å². The highest BCUT2D eigenvalue weighted by molar-refractivity contribution is 5.69. The topological polar surface area (TPSA) is 151 Å². The molecule has 352 valence electrons. The number of likely N-dealkylation sites (tertiary alicyclic amines) is 1. The van der Waals surface area contributed by atoms with E-state index >= 15 is 0 Å². The van der Waals surface area contributed by atoms with Crippen molar-refractivity contribution in [2.24, 2.45) is 11.8 Å². The molecule has 1 amide bonds. The summed E-state index contributed by atoms with van der Waals surface area (Å²) in [5.74, 6) is 5.03. The summed E-state index contributed by atoms with van der Waals surface area (Å²) in [6.45, 7) is 14.1. The summed E-state index contributed by atoms with van der Waals surface area (Å²) < 4.78 is 29.2. The van der Waals surface area contributed by atoms with Crippen LogP contribution >= 0.6 is 0 Å². The number of nitrogens with one attached hydrogen (secondary N) is 1. The van der Waals surface area contributed by atoms with Gasteiger partial charge in [0, 0.05) is 50.9 Å². The lowest BCUT2D eigenvalue weighted by atomic mass is 9.94. The first-order valence-corrected chi connectivity index (χ1v) is 23.8. The Morgan fingerprint density at radius 3 is 1.62 bits per heavy atom. The molecule has 0 spiro atoms. The van der Waals surface area contributed by atoms with Crippen LogP contribution < -0.4 is 34.1 Å². The zero-order valence-corrected chi connectivity index (χ0v) is 38.6. The first-order valence-electron chi connectivity index (χ1n) is 23.8. The zero-order chi connectivity index (χ0) is 45.4. The van der Waals surface area contributed by atoms with Crippen LogP contribution in [0.1, 0.15) is 85.0 Å². The quantitative estimate of drug-likeness (QED) is 0.0984. The molecule has 14 nitrogen and oxygen atoms in total. The summed E-state index contributed by atoms with van der Waals surface area (Å²) >= 11 is 0. The normalized spacial score (nSPS) is 19.3. The Morgan fingerprint density at radius 1 is 0.631 bits per heavy atom. The first kappa shape index (κ1) is 47.3. The summed E-state index contributed by atoms with van der Waals surface area (Å²) in [5, 5.41) is 22.2. The van der Waals surface area contributed by atoms with Crippen LogP contribution in [0.15, 0.2) is 85.5 Å². The molecule has 14 heteroatoms. The lowest BCUT2D eigenvalue weighted by Crippen LogP contribution is -2.42. The summed E-state index contributed by atoms with van der Waals surface area (Å²) in [7, 11) is 0. The number of benzene rings is 2. The third kappa shape index (κ3) is 15.2. The van der Waals surface area contributed by atoms with E-state index in [1.165, 1.54) is 12.8 Å². The number of aromatic nitrogens is 2. The van der Waals surface area contributed by atoms with E-state index in [1.54, 1.807) is 47.5 Å². The number of phenols is 2. The smallest absolute Gasteiger partial charge is 0.410 e. The predicted molar refractivity (Wildman–Crippen MR) is 253 cm³/mol. The van der Waals surface area contributed by atoms with Crippen molar-refractivity contribution in [1.82, 2.24) is 20.2 Å². The van der Waals surface area contributed by atoms with Gasteiger partial charge in [-0.2, -0.15) is 0 Å². The molecule has 4 saturated heterocycles. The number of hydrogen-bond donors (Lipinski definition) is 3. The molecular weight excluding hydrogens is 825 g/mol. The van der Waals surface area contributed by atoms with Gasteiger partial charge in [-0.3, -0.25) is 9.97 Å². The van der Waals surface area contributed by atoms with Gasteiger partial charge in [-0.25, -0.2) is 4.79 Å².